The fourth-order valence-electron chi connectivity index (χ4n) is 2.62. The van der Waals surface area contributed by atoms with Gasteiger partial charge in [-0.25, -0.2) is 0 Å². The molecule has 0 atom stereocenters. The molecule has 0 unspecified atom stereocenters. The molecule has 2 aromatic rings. The quantitative estimate of drug-likeness (QED) is 0.813. The van der Waals surface area contributed by atoms with Crippen LogP contribution in [0, 0.1) is 6.92 Å². The molecule has 1 aliphatic heterocycles. The average molecular weight is 314 g/mol. The third-order valence-corrected chi connectivity index (χ3v) is 3.82. The number of aryl methyl sites for hydroxylation is 1. The summed E-state index contributed by atoms with van der Waals surface area (Å²) in [6.45, 7) is 2.44. The van der Waals surface area contributed by atoms with E-state index in [0.29, 0.717) is 6.73 Å². The Bertz CT molecular complexity index is 746. The molecular weight excluding hydrogens is 294 g/mol. The second kappa shape index (κ2) is 6.20. The van der Waals surface area contributed by atoms with E-state index < -0.39 is 0 Å². The molecule has 120 valence electrons. The standard InChI is InChI=1S/C18H20NO4/c1-12-5-15(20-2)6-13-10-19(11-23-18(12)13)14-7-16(21-3)9-17(8-14)22-4/h5-10H,11H2,1-4H3/q+1. The predicted octanol–water partition coefficient (Wildman–Crippen LogP) is 3.13. The largest absolute Gasteiger partial charge is 0.497 e. The molecule has 0 saturated heterocycles. The summed E-state index contributed by atoms with van der Waals surface area (Å²) < 4.78 is 23.9. The Balaban J connectivity index is 2.07. The molecule has 0 aromatic heterocycles. The minimum Gasteiger partial charge on any atom is -0.497 e. The number of fused-ring (bicyclic) bond motifs is 1. The molecule has 0 amide bonds. The summed E-state index contributed by atoms with van der Waals surface area (Å²) in [5.41, 5.74) is 2.97. The minimum absolute atomic E-state index is 0.427. The molecule has 0 spiro atoms. The van der Waals surface area contributed by atoms with Gasteiger partial charge >= 0.3 is 0 Å². The predicted molar refractivity (Wildman–Crippen MR) is 87.9 cm³/mol. The van der Waals surface area contributed by atoms with Gasteiger partial charge in [-0.15, -0.1) is 0 Å². The number of benzene rings is 2. The summed E-state index contributed by atoms with van der Waals surface area (Å²) in [5, 5.41) is 0. The molecule has 3 rings (SSSR count). The van der Waals surface area contributed by atoms with Gasteiger partial charge in [0.05, 0.1) is 39.0 Å². The number of methoxy groups -OCH3 is 3. The third kappa shape index (κ3) is 2.95. The van der Waals surface area contributed by atoms with Crippen LogP contribution in [-0.2, 0) is 0 Å². The zero-order valence-corrected chi connectivity index (χ0v) is 13.8. The molecule has 0 bridgehead atoms. The molecule has 2 aromatic carbocycles. The Hall–Kier alpha value is -2.69. The summed E-state index contributed by atoms with van der Waals surface area (Å²) in [5.74, 6) is 3.17. The molecule has 5 heteroatoms. The summed E-state index contributed by atoms with van der Waals surface area (Å²) in [6.07, 6.45) is 2.04. The number of hydrogen-bond donors (Lipinski definition) is 0. The van der Waals surface area contributed by atoms with Crippen molar-refractivity contribution in [2.24, 2.45) is 0 Å². The number of ether oxygens (including phenoxy) is 4. The lowest BCUT2D eigenvalue weighted by Gasteiger charge is -2.17. The first-order valence-corrected chi connectivity index (χ1v) is 7.30. The second-order valence-electron chi connectivity index (χ2n) is 5.31. The van der Waals surface area contributed by atoms with Crippen LogP contribution < -0.4 is 18.9 Å². The Labute approximate surface area is 135 Å². The first-order chi connectivity index (χ1) is 11.1. The van der Waals surface area contributed by atoms with Gasteiger partial charge in [-0.3, -0.25) is 0 Å². The molecule has 0 N–H and O–H groups in total. The lowest BCUT2D eigenvalue weighted by molar-refractivity contribution is -0.476. The lowest BCUT2D eigenvalue weighted by Crippen LogP contribution is -2.21. The zero-order chi connectivity index (χ0) is 16.4. The van der Waals surface area contributed by atoms with Crippen LogP contribution >= 0.6 is 0 Å². The van der Waals surface area contributed by atoms with Crippen molar-refractivity contribution in [2.45, 2.75) is 6.92 Å². The Morgan fingerprint density at radius 3 is 2.09 bits per heavy atom. The third-order valence-electron chi connectivity index (χ3n) is 3.82. The zero-order valence-electron chi connectivity index (χ0n) is 13.8. The number of nitrogens with zero attached hydrogens (tertiary/aromatic N) is 1. The van der Waals surface area contributed by atoms with E-state index in [4.69, 9.17) is 18.9 Å². The molecule has 0 saturated carbocycles. The van der Waals surface area contributed by atoms with Crippen molar-refractivity contribution < 1.29 is 23.5 Å². The van der Waals surface area contributed by atoms with Crippen LogP contribution in [0.4, 0.5) is 5.69 Å². The van der Waals surface area contributed by atoms with Crippen LogP contribution in [0.25, 0.3) is 0 Å². The maximum absolute atomic E-state index is 5.93. The van der Waals surface area contributed by atoms with E-state index in [1.165, 1.54) is 0 Å². The topological polar surface area (TPSA) is 39.9 Å². The van der Waals surface area contributed by atoms with Crippen LogP contribution in [0.3, 0.4) is 0 Å². The highest BCUT2D eigenvalue weighted by molar-refractivity contribution is 5.83. The van der Waals surface area contributed by atoms with Crippen molar-refractivity contribution >= 4 is 11.9 Å². The second-order valence-corrected chi connectivity index (χ2v) is 5.31. The molecule has 1 heterocycles. The van der Waals surface area contributed by atoms with Crippen LogP contribution in [0.1, 0.15) is 11.1 Å². The summed E-state index contributed by atoms with van der Waals surface area (Å²) >= 11 is 0. The van der Waals surface area contributed by atoms with Gasteiger partial charge in [0.25, 0.3) is 6.73 Å². The molecule has 0 aliphatic carbocycles. The first-order valence-electron chi connectivity index (χ1n) is 7.30. The van der Waals surface area contributed by atoms with Crippen molar-refractivity contribution in [3.63, 3.8) is 0 Å². The van der Waals surface area contributed by atoms with Gasteiger partial charge < -0.3 is 18.9 Å². The van der Waals surface area contributed by atoms with Crippen LogP contribution in [0.2, 0.25) is 0 Å². The van der Waals surface area contributed by atoms with Crippen molar-refractivity contribution in [2.75, 3.05) is 28.1 Å². The van der Waals surface area contributed by atoms with Crippen molar-refractivity contribution in [3.8, 4) is 23.0 Å². The Kier molecular flexibility index (Phi) is 4.10. The number of rotatable bonds is 4. The van der Waals surface area contributed by atoms with Gasteiger partial charge in [-0.05, 0) is 24.6 Å². The summed E-state index contributed by atoms with van der Waals surface area (Å²) in [4.78, 5) is 0. The van der Waals surface area contributed by atoms with E-state index >= 15 is 0 Å². The van der Waals surface area contributed by atoms with E-state index in [1.807, 2.05) is 48.0 Å². The van der Waals surface area contributed by atoms with Gasteiger partial charge in [-0.1, -0.05) is 0 Å². The van der Waals surface area contributed by atoms with Crippen molar-refractivity contribution in [1.82, 2.24) is 0 Å². The van der Waals surface area contributed by atoms with E-state index in [0.717, 1.165) is 39.8 Å². The molecule has 23 heavy (non-hydrogen) atoms. The molecule has 1 aliphatic rings. The Morgan fingerprint density at radius 2 is 1.48 bits per heavy atom. The van der Waals surface area contributed by atoms with Gasteiger partial charge in [0.15, 0.2) is 6.21 Å². The highest BCUT2D eigenvalue weighted by Crippen LogP contribution is 2.33. The maximum atomic E-state index is 5.93. The highest BCUT2D eigenvalue weighted by atomic mass is 16.5. The van der Waals surface area contributed by atoms with E-state index in [1.54, 1.807) is 21.3 Å². The summed E-state index contributed by atoms with van der Waals surface area (Å²) in [6, 6.07) is 9.67. The number of hydrogen-bond acceptors (Lipinski definition) is 4. The van der Waals surface area contributed by atoms with Crippen molar-refractivity contribution in [1.29, 1.82) is 0 Å². The normalized spacial score (nSPS) is 12.8. The van der Waals surface area contributed by atoms with Crippen LogP contribution in [0.15, 0.2) is 30.3 Å². The average Bonchev–Trinajstić information content (AvgIpc) is 2.60. The first kappa shape index (κ1) is 15.2. The molecule has 0 radical (unpaired) electrons. The van der Waals surface area contributed by atoms with Gasteiger partial charge in [0.2, 0.25) is 5.69 Å². The van der Waals surface area contributed by atoms with E-state index in [2.05, 4.69) is 0 Å². The Morgan fingerprint density at radius 1 is 0.870 bits per heavy atom. The van der Waals surface area contributed by atoms with Crippen LogP contribution in [0.5, 0.6) is 23.0 Å². The van der Waals surface area contributed by atoms with E-state index in [9.17, 15) is 0 Å². The SMILES string of the molecule is COc1cc(OC)cc([N+]2=Cc3cc(OC)cc(C)c3OC2)c1. The van der Waals surface area contributed by atoms with E-state index in [-0.39, 0.29) is 0 Å². The summed E-state index contributed by atoms with van der Waals surface area (Å²) in [7, 11) is 4.94. The molecule has 5 nitrogen and oxygen atoms in total. The van der Waals surface area contributed by atoms with Crippen molar-refractivity contribution in [3.05, 3.63) is 41.5 Å². The maximum Gasteiger partial charge on any atom is 0.292 e. The fourth-order valence-corrected chi connectivity index (χ4v) is 2.62. The van der Waals surface area contributed by atoms with Crippen LogP contribution in [-0.4, -0.2) is 38.9 Å². The highest BCUT2D eigenvalue weighted by Gasteiger charge is 2.22. The fraction of sp³-hybridized carbons (Fsp3) is 0.278. The minimum atomic E-state index is 0.427. The van der Waals surface area contributed by atoms with Gasteiger partial charge in [0, 0.05) is 6.07 Å². The van der Waals surface area contributed by atoms with Gasteiger partial charge in [-0.2, -0.15) is 4.58 Å². The smallest absolute Gasteiger partial charge is 0.292 e. The molecular formula is C18H20NO4+. The monoisotopic (exact) mass is 314 g/mol. The van der Waals surface area contributed by atoms with Gasteiger partial charge in [0.1, 0.15) is 23.0 Å². The lowest BCUT2D eigenvalue weighted by atomic mass is 10.1. The molecule has 0 fully saturated rings.